The maximum Gasteiger partial charge on any atom is 0.474 e. The molecular weight excluding hydrogens is 239 g/mol. The maximum atomic E-state index is 11.5. The first-order chi connectivity index (χ1) is 7.43. The largest absolute Gasteiger partial charge is 0.474 e. The van der Waals surface area contributed by atoms with Crippen molar-refractivity contribution in [3.05, 3.63) is 0 Å². The zero-order valence-corrected chi connectivity index (χ0v) is 10.3. The number of phosphoric acid groups is 1. The SMILES string of the molecule is COP(=O)(OC)OCC1OC(C)C(O)C1O. The van der Waals surface area contributed by atoms with Gasteiger partial charge in [0.1, 0.15) is 18.3 Å². The summed E-state index contributed by atoms with van der Waals surface area (Å²) < 4.78 is 30.7. The molecule has 0 aromatic carbocycles. The first-order valence-electron chi connectivity index (χ1n) is 4.81. The fourth-order valence-electron chi connectivity index (χ4n) is 1.42. The van der Waals surface area contributed by atoms with Crippen molar-refractivity contribution in [2.75, 3.05) is 20.8 Å². The Kier molecular flexibility index (Phi) is 4.88. The quantitative estimate of drug-likeness (QED) is 0.664. The smallest absolute Gasteiger partial charge is 0.388 e. The van der Waals surface area contributed by atoms with Crippen LogP contribution in [0.1, 0.15) is 6.92 Å². The van der Waals surface area contributed by atoms with Crippen molar-refractivity contribution in [3.63, 3.8) is 0 Å². The van der Waals surface area contributed by atoms with Crippen LogP contribution in [0, 0.1) is 0 Å². The Labute approximate surface area is 93.9 Å². The van der Waals surface area contributed by atoms with Crippen LogP contribution in [0.4, 0.5) is 0 Å². The van der Waals surface area contributed by atoms with E-state index in [1.54, 1.807) is 6.92 Å². The normalized spacial score (nSPS) is 35.6. The van der Waals surface area contributed by atoms with Crippen LogP contribution < -0.4 is 0 Å². The summed E-state index contributed by atoms with van der Waals surface area (Å²) in [6, 6.07) is 0. The third-order valence-corrected chi connectivity index (χ3v) is 3.81. The van der Waals surface area contributed by atoms with Gasteiger partial charge in [0.25, 0.3) is 0 Å². The molecule has 0 aromatic rings. The lowest BCUT2D eigenvalue weighted by Gasteiger charge is -2.18. The van der Waals surface area contributed by atoms with Crippen LogP contribution in [0.15, 0.2) is 0 Å². The Hall–Kier alpha value is -0.0100. The summed E-state index contributed by atoms with van der Waals surface area (Å²) in [4.78, 5) is 0. The van der Waals surface area contributed by atoms with Gasteiger partial charge in [0.05, 0.1) is 12.7 Å². The molecule has 7 nitrogen and oxygen atoms in total. The Morgan fingerprint density at radius 3 is 2.19 bits per heavy atom. The monoisotopic (exact) mass is 256 g/mol. The number of ether oxygens (including phenoxy) is 1. The number of aliphatic hydroxyl groups excluding tert-OH is 2. The Balaban J connectivity index is 2.48. The third-order valence-electron chi connectivity index (χ3n) is 2.45. The van der Waals surface area contributed by atoms with Gasteiger partial charge in [-0.1, -0.05) is 0 Å². The van der Waals surface area contributed by atoms with Crippen molar-refractivity contribution >= 4 is 7.82 Å². The van der Waals surface area contributed by atoms with Gasteiger partial charge in [0.2, 0.25) is 0 Å². The van der Waals surface area contributed by atoms with E-state index in [1.807, 2.05) is 0 Å². The Bertz CT molecular complexity index is 263. The van der Waals surface area contributed by atoms with Crippen molar-refractivity contribution in [2.45, 2.75) is 31.3 Å². The molecule has 1 rings (SSSR count). The molecule has 2 N–H and O–H groups in total. The van der Waals surface area contributed by atoms with E-state index < -0.39 is 32.2 Å². The van der Waals surface area contributed by atoms with Crippen LogP contribution in [0.5, 0.6) is 0 Å². The van der Waals surface area contributed by atoms with Crippen LogP contribution in [0.3, 0.4) is 0 Å². The minimum absolute atomic E-state index is 0.179. The van der Waals surface area contributed by atoms with Gasteiger partial charge in [-0.2, -0.15) is 0 Å². The van der Waals surface area contributed by atoms with Crippen LogP contribution >= 0.6 is 7.82 Å². The highest BCUT2D eigenvalue weighted by molar-refractivity contribution is 7.48. The number of hydrogen-bond donors (Lipinski definition) is 2. The van der Waals surface area contributed by atoms with Gasteiger partial charge >= 0.3 is 7.82 Å². The highest BCUT2D eigenvalue weighted by Crippen LogP contribution is 2.47. The molecule has 0 aliphatic carbocycles. The van der Waals surface area contributed by atoms with Crippen LogP contribution in [-0.2, 0) is 22.9 Å². The highest BCUT2D eigenvalue weighted by atomic mass is 31.2. The number of aliphatic hydroxyl groups is 2. The highest BCUT2D eigenvalue weighted by Gasteiger charge is 2.41. The predicted octanol–water partition coefficient (Wildman–Crippen LogP) is -0.0870. The van der Waals surface area contributed by atoms with Gasteiger partial charge in [-0.25, -0.2) is 4.57 Å². The topological polar surface area (TPSA) is 94.5 Å². The zero-order valence-electron chi connectivity index (χ0n) is 9.40. The minimum Gasteiger partial charge on any atom is -0.388 e. The summed E-state index contributed by atoms with van der Waals surface area (Å²) in [5.41, 5.74) is 0. The zero-order chi connectivity index (χ0) is 12.3. The fourth-order valence-corrected chi connectivity index (χ4v) is 2.11. The van der Waals surface area contributed by atoms with E-state index in [-0.39, 0.29) is 6.61 Å². The van der Waals surface area contributed by atoms with Gasteiger partial charge in [-0.05, 0) is 6.92 Å². The van der Waals surface area contributed by atoms with E-state index in [2.05, 4.69) is 9.05 Å². The average molecular weight is 256 g/mol. The molecule has 96 valence electrons. The molecule has 0 spiro atoms. The molecule has 8 heteroatoms. The Morgan fingerprint density at radius 2 is 1.81 bits per heavy atom. The lowest BCUT2D eigenvalue weighted by atomic mass is 10.1. The van der Waals surface area contributed by atoms with Gasteiger partial charge in [0.15, 0.2) is 0 Å². The molecule has 4 unspecified atom stereocenters. The van der Waals surface area contributed by atoms with Crippen molar-refractivity contribution in [2.24, 2.45) is 0 Å². The van der Waals surface area contributed by atoms with Crippen molar-refractivity contribution in [1.29, 1.82) is 0 Å². The van der Waals surface area contributed by atoms with Crippen LogP contribution in [0.25, 0.3) is 0 Å². The molecule has 1 heterocycles. The molecule has 0 aromatic heterocycles. The fraction of sp³-hybridized carbons (Fsp3) is 1.00. The van der Waals surface area contributed by atoms with E-state index in [1.165, 1.54) is 14.2 Å². The van der Waals surface area contributed by atoms with Gasteiger partial charge in [-0.3, -0.25) is 13.6 Å². The summed E-state index contributed by atoms with van der Waals surface area (Å²) in [5.74, 6) is 0. The number of rotatable bonds is 5. The van der Waals surface area contributed by atoms with E-state index in [0.717, 1.165) is 0 Å². The van der Waals surface area contributed by atoms with Gasteiger partial charge < -0.3 is 14.9 Å². The molecule has 1 fully saturated rings. The van der Waals surface area contributed by atoms with E-state index in [0.29, 0.717) is 0 Å². The van der Waals surface area contributed by atoms with E-state index >= 15 is 0 Å². The maximum absolute atomic E-state index is 11.5. The van der Waals surface area contributed by atoms with E-state index in [4.69, 9.17) is 9.26 Å². The molecule has 1 aliphatic heterocycles. The number of phosphoric ester groups is 1. The van der Waals surface area contributed by atoms with Crippen molar-refractivity contribution in [1.82, 2.24) is 0 Å². The second-order valence-electron chi connectivity index (χ2n) is 3.47. The average Bonchev–Trinajstić information content (AvgIpc) is 2.54. The molecule has 0 radical (unpaired) electrons. The molecule has 0 saturated carbocycles. The van der Waals surface area contributed by atoms with Crippen LogP contribution in [-0.4, -0.2) is 55.5 Å². The molecular formula is C8H17O7P. The molecule has 4 atom stereocenters. The molecule has 1 saturated heterocycles. The van der Waals surface area contributed by atoms with Crippen molar-refractivity contribution < 1.29 is 33.1 Å². The molecule has 1 aliphatic rings. The minimum atomic E-state index is -3.57. The summed E-state index contributed by atoms with van der Waals surface area (Å²) in [5, 5.41) is 19.0. The lowest BCUT2D eigenvalue weighted by molar-refractivity contribution is -0.0192. The summed E-state index contributed by atoms with van der Waals surface area (Å²) in [6.07, 6.45) is -3.29. The first kappa shape index (κ1) is 14.1. The van der Waals surface area contributed by atoms with Crippen LogP contribution in [0.2, 0.25) is 0 Å². The standard InChI is InChI=1S/C8H17O7P/c1-5-7(9)8(10)6(15-5)4-14-16(11,12-2)13-3/h5-10H,4H2,1-3H3. The second-order valence-corrected chi connectivity index (χ2v) is 5.35. The molecule has 16 heavy (non-hydrogen) atoms. The lowest BCUT2D eigenvalue weighted by Crippen LogP contribution is -2.33. The second kappa shape index (κ2) is 5.55. The van der Waals surface area contributed by atoms with Gasteiger partial charge in [0, 0.05) is 14.2 Å². The number of hydrogen-bond acceptors (Lipinski definition) is 7. The van der Waals surface area contributed by atoms with Crippen molar-refractivity contribution in [3.8, 4) is 0 Å². The summed E-state index contributed by atoms with van der Waals surface area (Å²) >= 11 is 0. The predicted molar refractivity (Wildman–Crippen MR) is 53.9 cm³/mol. The summed E-state index contributed by atoms with van der Waals surface area (Å²) in [7, 11) is -1.20. The molecule has 0 bridgehead atoms. The third kappa shape index (κ3) is 3.01. The van der Waals surface area contributed by atoms with E-state index in [9.17, 15) is 14.8 Å². The Morgan fingerprint density at radius 1 is 1.25 bits per heavy atom. The molecule has 0 amide bonds. The summed E-state index contributed by atoms with van der Waals surface area (Å²) in [6.45, 7) is 1.45. The first-order valence-corrected chi connectivity index (χ1v) is 6.27. The van der Waals surface area contributed by atoms with Gasteiger partial charge in [-0.15, -0.1) is 0 Å².